The normalized spacial score (nSPS) is 27.0. The van der Waals surface area contributed by atoms with Gasteiger partial charge in [-0.15, -0.1) is 4.67 Å². The minimum atomic E-state index is -5.68. The first kappa shape index (κ1) is 27.0. The summed E-state index contributed by atoms with van der Waals surface area (Å²) in [5.41, 5.74) is 5.62. The molecule has 34 heavy (non-hydrogen) atoms. The number of phosphoric ester groups is 1. The van der Waals surface area contributed by atoms with Crippen molar-refractivity contribution >= 4 is 40.6 Å². The number of hydrogen-bond donors (Lipinski definition) is 8. The maximum absolute atomic E-state index is 12.0. The van der Waals surface area contributed by atoms with E-state index in [-0.39, 0.29) is 17.1 Å². The van der Waals surface area contributed by atoms with E-state index in [9.17, 15) is 33.9 Å². The van der Waals surface area contributed by atoms with Gasteiger partial charge in [-0.3, -0.25) is 4.52 Å². The van der Waals surface area contributed by atoms with Crippen molar-refractivity contribution in [3.63, 3.8) is 0 Å². The maximum Gasteiger partial charge on any atom is 0.519 e. The van der Waals surface area contributed by atoms with E-state index in [1.807, 2.05) is 0 Å². The van der Waals surface area contributed by atoms with Crippen molar-refractivity contribution in [3.05, 3.63) is 6.33 Å². The number of ether oxygens (including phenoxy) is 1. The third-order valence-electron chi connectivity index (χ3n) is 4.28. The highest BCUT2D eigenvalue weighted by Crippen LogP contribution is 2.68. The van der Waals surface area contributed by atoms with Crippen molar-refractivity contribution in [1.82, 2.24) is 14.5 Å². The van der Waals surface area contributed by atoms with Crippen LogP contribution in [0.15, 0.2) is 6.33 Å². The van der Waals surface area contributed by atoms with Gasteiger partial charge in [0.1, 0.15) is 18.3 Å². The fraction of sp³-hybridized carbons (Fsp3) is 0.545. The number of aliphatic hydroxyl groups excluding tert-OH is 2. The summed E-state index contributed by atoms with van der Waals surface area (Å²) in [6, 6.07) is 0. The van der Waals surface area contributed by atoms with Crippen LogP contribution in [0.5, 0.6) is 5.88 Å². The number of phosphoric acid groups is 3. The molecule has 192 valence electrons. The third kappa shape index (κ3) is 5.78. The van der Waals surface area contributed by atoms with Crippen LogP contribution in [0.4, 0.5) is 5.95 Å². The minimum Gasteiger partial charge on any atom is -0.490 e. The molecule has 1 fully saturated rings. The van der Waals surface area contributed by atoms with Crippen LogP contribution >= 0.6 is 23.5 Å². The molecule has 0 bridgehead atoms. The van der Waals surface area contributed by atoms with Gasteiger partial charge in [0, 0.05) is 0 Å². The Hall–Kier alpha value is -1.60. The molecule has 3 heterocycles. The number of aromatic nitrogens is 4. The number of fused-ring (bicyclic) bond motifs is 1. The lowest BCUT2D eigenvalue weighted by molar-refractivity contribution is -0.646. The van der Waals surface area contributed by atoms with Crippen LogP contribution in [0.25, 0.3) is 11.2 Å². The molecule has 0 aromatic carbocycles. The van der Waals surface area contributed by atoms with Gasteiger partial charge < -0.3 is 40.5 Å². The Kier molecular flexibility index (Phi) is 7.51. The van der Waals surface area contributed by atoms with E-state index in [0.29, 0.717) is 0 Å². The Labute approximate surface area is 188 Å². The van der Waals surface area contributed by atoms with E-state index in [1.165, 1.54) is 22.5 Å². The summed E-state index contributed by atoms with van der Waals surface area (Å²) < 4.78 is 57.4. The smallest absolute Gasteiger partial charge is 0.490 e. The monoisotopic (exact) mass is 554 g/mol. The van der Waals surface area contributed by atoms with Crippen molar-refractivity contribution in [3.8, 4) is 5.88 Å². The molecule has 6 atom stereocenters. The summed E-state index contributed by atoms with van der Waals surface area (Å²) in [5.74, 6) is -0.799. The van der Waals surface area contributed by atoms with Crippen LogP contribution in [0.2, 0.25) is 0 Å². The fourth-order valence-electron chi connectivity index (χ4n) is 3.02. The Morgan fingerprint density at radius 3 is 2.41 bits per heavy atom. The average Bonchev–Trinajstić information content (AvgIpc) is 3.15. The zero-order valence-corrected chi connectivity index (χ0v) is 19.4. The van der Waals surface area contributed by atoms with Crippen LogP contribution in [0.1, 0.15) is 6.23 Å². The lowest BCUT2D eigenvalue weighted by atomic mass is 10.1. The molecule has 3 unspecified atom stereocenters. The zero-order valence-electron chi connectivity index (χ0n) is 16.7. The number of hydrogen-bond acceptors (Lipinski definition) is 15. The largest absolute Gasteiger partial charge is 0.519 e. The van der Waals surface area contributed by atoms with E-state index < -0.39 is 60.5 Å². The summed E-state index contributed by atoms with van der Waals surface area (Å²) in [4.78, 5) is 34.4. The summed E-state index contributed by atoms with van der Waals surface area (Å²) in [6.45, 7) is -1.02. The van der Waals surface area contributed by atoms with Crippen molar-refractivity contribution in [2.24, 2.45) is 7.05 Å². The zero-order chi connectivity index (χ0) is 25.6. The highest BCUT2D eigenvalue weighted by molar-refractivity contribution is 7.67. The second kappa shape index (κ2) is 9.45. The van der Waals surface area contributed by atoms with Gasteiger partial charge in [-0.05, 0) is 0 Å². The van der Waals surface area contributed by atoms with E-state index in [1.54, 1.807) is 0 Å². The van der Waals surface area contributed by atoms with Crippen molar-refractivity contribution in [1.29, 1.82) is 0 Å². The van der Waals surface area contributed by atoms with E-state index in [2.05, 4.69) is 27.8 Å². The molecule has 1 aliphatic rings. The van der Waals surface area contributed by atoms with E-state index in [4.69, 9.17) is 25.5 Å². The quantitative estimate of drug-likeness (QED) is 0.0719. The number of aliphatic hydroxyl groups is 2. The number of nitrogens with zero attached hydrogens (tertiary/aromatic N) is 4. The predicted molar refractivity (Wildman–Crippen MR) is 102 cm³/mol. The highest BCUT2D eigenvalue weighted by atomic mass is 31.3. The van der Waals surface area contributed by atoms with Crippen LogP contribution in [-0.4, -0.2) is 74.7 Å². The lowest BCUT2D eigenvalue weighted by Crippen LogP contribution is -2.34. The van der Waals surface area contributed by atoms with Gasteiger partial charge in [0.2, 0.25) is 18.5 Å². The van der Waals surface area contributed by atoms with Crippen LogP contribution in [0.3, 0.4) is 0 Å². The SMILES string of the molecule is C[n+]1cn([C@@H]2O[C@H](COP(=O)(O)OP(=O)(OO)OP(=O)(O)O)C(O)[C@@H]2O)c2nc(N)nc(O)c21. The van der Waals surface area contributed by atoms with Crippen LogP contribution < -0.4 is 10.3 Å². The molecular formula is C11H19N5O15P3+. The first-order chi connectivity index (χ1) is 15.6. The van der Waals surface area contributed by atoms with Gasteiger partial charge in [-0.1, -0.05) is 0 Å². The standard InChI is InChI=1S/C11H18N5O15P3/c1-15-3-16(8-5(15)9(19)14-11(12)13-8)10-7(18)6(17)4(28-10)2-27-33(24,25)31-34(26,29-20)30-32(21,22)23/h3-4,6-7,10,17-18H,2H2,1H3,(H6-,12,13,14,19,20,21,22,23,24,25)/p+1/t4-,6?,7+,10-,34?/m1/s1. The van der Waals surface area contributed by atoms with Gasteiger partial charge in [0.25, 0.3) is 17.0 Å². The summed E-state index contributed by atoms with van der Waals surface area (Å²) in [6.07, 6.45) is -5.02. The van der Waals surface area contributed by atoms with E-state index >= 15 is 0 Å². The third-order valence-corrected chi connectivity index (χ3v) is 8.23. The summed E-state index contributed by atoms with van der Waals surface area (Å²) in [5, 5.41) is 39.1. The molecule has 1 aliphatic heterocycles. The number of anilines is 1. The van der Waals surface area contributed by atoms with E-state index in [0.717, 1.165) is 0 Å². The highest BCUT2D eigenvalue weighted by Gasteiger charge is 2.50. The molecule has 3 rings (SSSR count). The number of aromatic hydroxyl groups is 1. The molecule has 0 spiro atoms. The molecule has 0 saturated carbocycles. The fourth-order valence-corrected chi connectivity index (χ4v) is 6.22. The van der Waals surface area contributed by atoms with Crippen molar-refractivity contribution < 1.29 is 76.1 Å². The molecule has 0 radical (unpaired) electrons. The second-order valence-corrected chi connectivity index (χ2v) is 11.2. The Bertz CT molecular complexity index is 1220. The van der Waals surface area contributed by atoms with Gasteiger partial charge >= 0.3 is 23.5 Å². The molecule has 9 N–H and O–H groups in total. The number of aryl methyl sites for hydroxylation is 1. The molecule has 23 heteroatoms. The number of rotatable bonds is 9. The molecule has 20 nitrogen and oxygen atoms in total. The Balaban J connectivity index is 1.76. The molecule has 2 aromatic rings. The molecule has 0 amide bonds. The summed E-state index contributed by atoms with van der Waals surface area (Å²) in [7, 11) is -15.3. The van der Waals surface area contributed by atoms with Gasteiger partial charge in [-0.2, -0.15) is 23.2 Å². The molecule has 1 saturated heterocycles. The average molecular weight is 554 g/mol. The van der Waals surface area contributed by atoms with Crippen LogP contribution in [0, 0.1) is 0 Å². The van der Waals surface area contributed by atoms with Crippen LogP contribution in [-0.2, 0) is 43.3 Å². The molecule has 0 aliphatic carbocycles. The summed E-state index contributed by atoms with van der Waals surface area (Å²) >= 11 is 0. The first-order valence-corrected chi connectivity index (χ1v) is 13.2. The number of nitrogen functional groups attached to an aromatic ring is 1. The minimum absolute atomic E-state index is 0.00269. The number of nitrogens with two attached hydrogens (primary N) is 1. The maximum atomic E-state index is 12.0. The predicted octanol–water partition coefficient (Wildman–Crippen LogP) is -2.00. The number of imidazole rings is 1. The van der Waals surface area contributed by atoms with Gasteiger partial charge in [0.15, 0.2) is 0 Å². The lowest BCUT2D eigenvalue weighted by Gasteiger charge is -2.19. The van der Waals surface area contributed by atoms with Gasteiger partial charge in [0.05, 0.1) is 13.7 Å². The Morgan fingerprint density at radius 1 is 1.18 bits per heavy atom. The van der Waals surface area contributed by atoms with Crippen molar-refractivity contribution in [2.75, 3.05) is 12.3 Å². The molecular weight excluding hydrogens is 535 g/mol. The Morgan fingerprint density at radius 2 is 1.82 bits per heavy atom. The second-order valence-electron chi connectivity index (χ2n) is 6.70. The van der Waals surface area contributed by atoms with Gasteiger partial charge in [-0.25, -0.2) is 23.5 Å². The first-order valence-electron chi connectivity index (χ1n) is 8.69. The van der Waals surface area contributed by atoms with Crippen molar-refractivity contribution in [2.45, 2.75) is 24.5 Å². The molecule has 2 aromatic heterocycles. The topological polar surface area (TPSA) is 300 Å².